The molecular weight excluding hydrogens is 242 g/mol. The standard InChI is InChI=1S/C15H19NOS/c1-3-12-8-9-13(18-12)10-16-15-7-5-4-6-14(15)11(2)17/h4-9,11,16-17H,3,10H2,1-2H3. The number of aliphatic hydroxyl groups excluding tert-OH is 1. The molecule has 2 aromatic rings. The summed E-state index contributed by atoms with van der Waals surface area (Å²) in [6, 6.07) is 12.3. The molecule has 3 heteroatoms. The normalized spacial score (nSPS) is 12.4. The van der Waals surface area contributed by atoms with Gasteiger partial charge in [-0.2, -0.15) is 0 Å². The van der Waals surface area contributed by atoms with E-state index in [0.29, 0.717) is 0 Å². The van der Waals surface area contributed by atoms with Crippen LogP contribution in [0.3, 0.4) is 0 Å². The van der Waals surface area contributed by atoms with Gasteiger partial charge in [-0.05, 0) is 31.5 Å². The van der Waals surface area contributed by atoms with Crippen LogP contribution in [0, 0.1) is 0 Å². The number of nitrogens with one attached hydrogen (secondary N) is 1. The molecule has 2 N–H and O–H groups in total. The van der Waals surface area contributed by atoms with Gasteiger partial charge in [0.15, 0.2) is 0 Å². The van der Waals surface area contributed by atoms with E-state index in [9.17, 15) is 5.11 Å². The Morgan fingerprint density at radius 1 is 1.17 bits per heavy atom. The van der Waals surface area contributed by atoms with Crippen molar-refractivity contribution in [1.29, 1.82) is 0 Å². The van der Waals surface area contributed by atoms with E-state index in [1.165, 1.54) is 9.75 Å². The van der Waals surface area contributed by atoms with Crippen LogP contribution in [0.5, 0.6) is 0 Å². The summed E-state index contributed by atoms with van der Waals surface area (Å²) >= 11 is 1.84. The lowest BCUT2D eigenvalue weighted by atomic mass is 10.1. The quantitative estimate of drug-likeness (QED) is 0.853. The summed E-state index contributed by atoms with van der Waals surface area (Å²) in [6.07, 6.45) is 0.651. The molecule has 0 aliphatic carbocycles. The monoisotopic (exact) mass is 261 g/mol. The molecule has 1 atom stereocenters. The van der Waals surface area contributed by atoms with E-state index in [4.69, 9.17) is 0 Å². The Morgan fingerprint density at radius 2 is 1.89 bits per heavy atom. The zero-order valence-corrected chi connectivity index (χ0v) is 11.6. The maximum absolute atomic E-state index is 9.71. The van der Waals surface area contributed by atoms with E-state index >= 15 is 0 Å². The average Bonchev–Trinajstić information content (AvgIpc) is 2.84. The van der Waals surface area contributed by atoms with Gasteiger partial charge in [0.05, 0.1) is 6.10 Å². The lowest BCUT2D eigenvalue weighted by Crippen LogP contribution is -2.03. The fourth-order valence-electron chi connectivity index (χ4n) is 1.91. The van der Waals surface area contributed by atoms with Crippen LogP contribution in [-0.4, -0.2) is 5.11 Å². The van der Waals surface area contributed by atoms with Crippen LogP contribution >= 0.6 is 11.3 Å². The second-order valence-electron chi connectivity index (χ2n) is 4.34. The van der Waals surface area contributed by atoms with Gasteiger partial charge in [-0.3, -0.25) is 0 Å². The van der Waals surface area contributed by atoms with Crippen molar-refractivity contribution >= 4 is 17.0 Å². The number of hydrogen-bond donors (Lipinski definition) is 2. The van der Waals surface area contributed by atoms with Crippen molar-refractivity contribution in [1.82, 2.24) is 0 Å². The molecule has 2 rings (SSSR count). The third kappa shape index (κ3) is 3.12. The molecule has 0 amide bonds. The molecule has 96 valence electrons. The number of rotatable bonds is 5. The SMILES string of the molecule is CCc1ccc(CNc2ccccc2C(C)O)s1. The first-order valence-electron chi connectivity index (χ1n) is 6.29. The molecular formula is C15H19NOS. The summed E-state index contributed by atoms with van der Waals surface area (Å²) in [5.74, 6) is 0. The fraction of sp³-hybridized carbons (Fsp3) is 0.333. The van der Waals surface area contributed by atoms with Gasteiger partial charge >= 0.3 is 0 Å². The Hall–Kier alpha value is -1.32. The molecule has 18 heavy (non-hydrogen) atoms. The highest BCUT2D eigenvalue weighted by Gasteiger charge is 2.07. The van der Waals surface area contributed by atoms with Crippen molar-refractivity contribution in [3.63, 3.8) is 0 Å². The Kier molecular flexibility index (Phi) is 4.39. The van der Waals surface area contributed by atoms with Crippen LogP contribution in [0.2, 0.25) is 0 Å². The fourth-order valence-corrected chi connectivity index (χ4v) is 2.81. The summed E-state index contributed by atoms with van der Waals surface area (Å²) in [5, 5.41) is 13.1. The predicted molar refractivity (Wildman–Crippen MR) is 78.1 cm³/mol. The highest BCUT2D eigenvalue weighted by Crippen LogP contribution is 2.24. The van der Waals surface area contributed by atoms with Crippen molar-refractivity contribution in [2.45, 2.75) is 32.9 Å². The van der Waals surface area contributed by atoms with E-state index in [-0.39, 0.29) is 0 Å². The van der Waals surface area contributed by atoms with Crippen LogP contribution in [-0.2, 0) is 13.0 Å². The summed E-state index contributed by atoms with van der Waals surface area (Å²) in [4.78, 5) is 2.74. The van der Waals surface area contributed by atoms with E-state index < -0.39 is 6.10 Å². The molecule has 0 radical (unpaired) electrons. The summed E-state index contributed by atoms with van der Waals surface area (Å²) in [6.45, 7) is 4.78. The van der Waals surface area contributed by atoms with Crippen molar-refractivity contribution in [2.75, 3.05) is 5.32 Å². The Balaban J connectivity index is 2.05. The lowest BCUT2D eigenvalue weighted by Gasteiger charge is -2.13. The molecule has 0 bridgehead atoms. The minimum absolute atomic E-state index is 0.441. The number of hydrogen-bond acceptors (Lipinski definition) is 3. The maximum atomic E-state index is 9.71. The molecule has 0 aliphatic rings. The lowest BCUT2D eigenvalue weighted by molar-refractivity contribution is 0.200. The van der Waals surface area contributed by atoms with Gasteiger partial charge in [-0.15, -0.1) is 11.3 Å². The van der Waals surface area contributed by atoms with Crippen LogP contribution in [0.1, 0.15) is 35.3 Å². The number of thiophene rings is 1. The highest BCUT2D eigenvalue weighted by atomic mass is 32.1. The van der Waals surface area contributed by atoms with Gasteiger partial charge in [0, 0.05) is 27.5 Å². The molecule has 1 heterocycles. The molecule has 1 unspecified atom stereocenters. The Labute approximate surface area is 112 Å². The first kappa shape index (κ1) is 13.1. The van der Waals surface area contributed by atoms with Crippen LogP contribution in [0.15, 0.2) is 36.4 Å². The zero-order chi connectivity index (χ0) is 13.0. The Bertz CT molecular complexity index is 505. The highest BCUT2D eigenvalue weighted by molar-refractivity contribution is 7.12. The molecule has 2 nitrogen and oxygen atoms in total. The van der Waals surface area contributed by atoms with Crippen molar-refractivity contribution in [2.24, 2.45) is 0 Å². The molecule has 0 saturated carbocycles. The van der Waals surface area contributed by atoms with Gasteiger partial charge in [-0.25, -0.2) is 0 Å². The second-order valence-corrected chi connectivity index (χ2v) is 5.59. The van der Waals surface area contributed by atoms with E-state index in [1.807, 2.05) is 35.6 Å². The average molecular weight is 261 g/mol. The summed E-state index contributed by atoms with van der Waals surface area (Å²) in [7, 11) is 0. The molecule has 0 saturated heterocycles. The largest absolute Gasteiger partial charge is 0.389 e. The summed E-state index contributed by atoms with van der Waals surface area (Å²) < 4.78 is 0. The van der Waals surface area contributed by atoms with Gasteiger partial charge in [-0.1, -0.05) is 25.1 Å². The van der Waals surface area contributed by atoms with Gasteiger partial charge in [0.1, 0.15) is 0 Å². The Morgan fingerprint density at radius 3 is 2.56 bits per heavy atom. The van der Waals surface area contributed by atoms with Crippen molar-refractivity contribution in [3.8, 4) is 0 Å². The predicted octanol–water partition coefficient (Wildman–Crippen LogP) is 3.98. The van der Waals surface area contributed by atoms with Gasteiger partial charge in [0.25, 0.3) is 0 Å². The number of aryl methyl sites for hydroxylation is 1. The third-order valence-electron chi connectivity index (χ3n) is 2.93. The molecule has 1 aromatic heterocycles. The van der Waals surface area contributed by atoms with Crippen LogP contribution < -0.4 is 5.32 Å². The molecule has 1 aromatic carbocycles. The van der Waals surface area contributed by atoms with Crippen LogP contribution in [0.25, 0.3) is 0 Å². The maximum Gasteiger partial charge on any atom is 0.0781 e. The number of aliphatic hydroxyl groups is 1. The zero-order valence-electron chi connectivity index (χ0n) is 10.8. The third-order valence-corrected chi connectivity index (χ3v) is 4.16. The van der Waals surface area contributed by atoms with Crippen molar-refractivity contribution < 1.29 is 5.11 Å². The number of benzene rings is 1. The molecule has 0 fully saturated rings. The number of para-hydroxylation sites is 1. The molecule has 0 aliphatic heterocycles. The molecule has 0 spiro atoms. The van der Waals surface area contributed by atoms with Gasteiger partial charge < -0.3 is 10.4 Å². The van der Waals surface area contributed by atoms with Gasteiger partial charge in [0.2, 0.25) is 0 Å². The minimum atomic E-state index is -0.441. The summed E-state index contributed by atoms with van der Waals surface area (Å²) in [5.41, 5.74) is 1.96. The first-order chi connectivity index (χ1) is 8.70. The van der Waals surface area contributed by atoms with E-state index in [1.54, 1.807) is 6.92 Å². The topological polar surface area (TPSA) is 32.3 Å². The van der Waals surface area contributed by atoms with Crippen molar-refractivity contribution in [3.05, 3.63) is 51.7 Å². The minimum Gasteiger partial charge on any atom is -0.389 e. The first-order valence-corrected chi connectivity index (χ1v) is 7.10. The van der Waals surface area contributed by atoms with E-state index in [2.05, 4.69) is 24.4 Å². The van der Waals surface area contributed by atoms with E-state index in [0.717, 1.165) is 24.2 Å². The smallest absolute Gasteiger partial charge is 0.0781 e. The second kappa shape index (κ2) is 6.03. The number of anilines is 1. The van der Waals surface area contributed by atoms with Crippen LogP contribution in [0.4, 0.5) is 5.69 Å².